The number of hydrogen-bond donors (Lipinski definition) is 0. The minimum absolute atomic E-state index is 0.442. The Kier molecular flexibility index (Phi) is 2.04. The molecule has 0 aromatic carbocycles. The first-order valence-corrected chi connectivity index (χ1v) is 4.23. The molecule has 0 aliphatic carbocycles. The van der Waals surface area contributed by atoms with Crippen molar-refractivity contribution in [3.05, 3.63) is 0 Å². The molecular formula is C9H19N. The van der Waals surface area contributed by atoms with Crippen molar-refractivity contribution in [2.45, 2.75) is 39.2 Å². The van der Waals surface area contributed by atoms with Crippen molar-refractivity contribution in [2.75, 3.05) is 13.6 Å². The SMILES string of the molecule is C[C@H]1CCN(C)C(C)(C)C1. The van der Waals surface area contributed by atoms with Crippen molar-refractivity contribution in [1.29, 1.82) is 0 Å². The van der Waals surface area contributed by atoms with Gasteiger partial charge in [-0.3, -0.25) is 0 Å². The van der Waals surface area contributed by atoms with Crippen LogP contribution >= 0.6 is 0 Å². The summed E-state index contributed by atoms with van der Waals surface area (Å²) in [6.07, 6.45) is 2.73. The van der Waals surface area contributed by atoms with Crippen molar-refractivity contribution in [3.63, 3.8) is 0 Å². The molecule has 0 spiro atoms. The van der Waals surface area contributed by atoms with Crippen molar-refractivity contribution in [2.24, 2.45) is 5.92 Å². The average molecular weight is 141 g/mol. The molecule has 1 nitrogen and oxygen atoms in total. The molecule has 1 saturated heterocycles. The van der Waals surface area contributed by atoms with E-state index in [0.29, 0.717) is 5.54 Å². The van der Waals surface area contributed by atoms with E-state index in [-0.39, 0.29) is 0 Å². The zero-order valence-electron chi connectivity index (χ0n) is 7.65. The van der Waals surface area contributed by atoms with Crippen LogP contribution in [0.2, 0.25) is 0 Å². The molecule has 0 saturated carbocycles. The molecule has 1 fully saturated rings. The molecule has 1 aliphatic heterocycles. The van der Waals surface area contributed by atoms with Gasteiger partial charge < -0.3 is 4.90 Å². The van der Waals surface area contributed by atoms with E-state index in [1.54, 1.807) is 0 Å². The van der Waals surface area contributed by atoms with Crippen LogP contribution in [0.3, 0.4) is 0 Å². The zero-order chi connectivity index (χ0) is 7.78. The zero-order valence-corrected chi connectivity index (χ0v) is 7.65. The largest absolute Gasteiger partial charge is 0.301 e. The van der Waals surface area contributed by atoms with Crippen molar-refractivity contribution < 1.29 is 0 Å². The first-order chi connectivity index (χ1) is 4.52. The van der Waals surface area contributed by atoms with Gasteiger partial charge in [0.15, 0.2) is 0 Å². The summed E-state index contributed by atoms with van der Waals surface area (Å²) < 4.78 is 0. The summed E-state index contributed by atoms with van der Waals surface area (Å²) in [6.45, 7) is 8.30. The second kappa shape index (κ2) is 2.54. The summed E-state index contributed by atoms with van der Waals surface area (Å²) in [6, 6.07) is 0. The Labute approximate surface area is 64.4 Å². The summed E-state index contributed by atoms with van der Waals surface area (Å²) in [7, 11) is 2.23. The summed E-state index contributed by atoms with van der Waals surface area (Å²) in [5, 5.41) is 0. The van der Waals surface area contributed by atoms with E-state index in [0.717, 1.165) is 5.92 Å². The van der Waals surface area contributed by atoms with E-state index >= 15 is 0 Å². The molecule has 0 unspecified atom stereocenters. The lowest BCUT2D eigenvalue weighted by atomic mass is 9.84. The second-order valence-corrected chi connectivity index (χ2v) is 4.33. The fourth-order valence-corrected chi connectivity index (χ4v) is 1.83. The Bertz CT molecular complexity index is 118. The molecule has 0 N–H and O–H groups in total. The van der Waals surface area contributed by atoms with Crippen LogP contribution in [0.1, 0.15) is 33.6 Å². The van der Waals surface area contributed by atoms with Crippen LogP contribution in [-0.4, -0.2) is 24.0 Å². The highest BCUT2D eigenvalue weighted by molar-refractivity contribution is 4.85. The van der Waals surface area contributed by atoms with Crippen LogP contribution in [0.5, 0.6) is 0 Å². The quantitative estimate of drug-likeness (QED) is 0.499. The van der Waals surface area contributed by atoms with Gasteiger partial charge in [-0.05, 0) is 46.2 Å². The van der Waals surface area contributed by atoms with Crippen LogP contribution in [0, 0.1) is 5.92 Å². The van der Waals surface area contributed by atoms with Gasteiger partial charge in [0.1, 0.15) is 0 Å². The van der Waals surface area contributed by atoms with Gasteiger partial charge in [-0.1, -0.05) is 6.92 Å². The molecule has 0 aromatic rings. The Morgan fingerprint density at radius 1 is 1.40 bits per heavy atom. The van der Waals surface area contributed by atoms with Crippen LogP contribution in [0.4, 0.5) is 0 Å². The fraction of sp³-hybridized carbons (Fsp3) is 1.00. The maximum Gasteiger partial charge on any atom is 0.0152 e. The molecule has 0 bridgehead atoms. The molecule has 0 aromatic heterocycles. The lowest BCUT2D eigenvalue weighted by Crippen LogP contribution is -2.46. The Morgan fingerprint density at radius 2 is 2.00 bits per heavy atom. The third-order valence-corrected chi connectivity index (χ3v) is 2.84. The van der Waals surface area contributed by atoms with E-state index in [1.807, 2.05) is 0 Å². The first-order valence-electron chi connectivity index (χ1n) is 4.23. The Morgan fingerprint density at radius 3 is 2.40 bits per heavy atom. The molecule has 10 heavy (non-hydrogen) atoms. The van der Waals surface area contributed by atoms with E-state index in [4.69, 9.17) is 0 Å². The average Bonchev–Trinajstić information content (AvgIpc) is 1.78. The number of likely N-dealkylation sites (tertiary alicyclic amines) is 1. The third-order valence-electron chi connectivity index (χ3n) is 2.84. The smallest absolute Gasteiger partial charge is 0.0152 e. The topological polar surface area (TPSA) is 3.24 Å². The van der Waals surface area contributed by atoms with E-state index in [9.17, 15) is 0 Å². The van der Waals surface area contributed by atoms with Crippen LogP contribution < -0.4 is 0 Å². The van der Waals surface area contributed by atoms with Gasteiger partial charge in [0.25, 0.3) is 0 Å². The van der Waals surface area contributed by atoms with Gasteiger partial charge in [-0.25, -0.2) is 0 Å². The molecule has 1 aliphatic rings. The van der Waals surface area contributed by atoms with Crippen molar-refractivity contribution in [3.8, 4) is 0 Å². The monoisotopic (exact) mass is 141 g/mol. The van der Waals surface area contributed by atoms with Gasteiger partial charge in [-0.2, -0.15) is 0 Å². The lowest BCUT2D eigenvalue weighted by Gasteiger charge is -2.42. The third kappa shape index (κ3) is 1.51. The van der Waals surface area contributed by atoms with Crippen LogP contribution in [0.15, 0.2) is 0 Å². The van der Waals surface area contributed by atoms with Crippen LogP contribution in [-0.2, 0) is 0 Å². The summed E-state index contributed by atoms with van der Waals surface area (Å²) in [5.74, 6) is 0.922. The first kappa shape index (κ1) is 8.06. The molecule has 1 rings (SSSR count). The van der Waals surface area contributed by atoms with Crippen molar-refractivity contribution >= 4 is 0 Å². The maximum absolute atomic E-state index is 2.47. The number of rotatable bonds is 0. The second-order valence-electron chi connectivity index (χ2n) is 4.33. The predicted octanol–water partition coefficient (Wildman–Crippen LogP) is 2.13. The fourth-order valence-electron chi connectivity index (χ4n) is 1.83. The Hall–Kier alpha value is -0.0400. The molecule has 0 amide bonds. The standard InChI is InChI=1S/C9H19N/c1-8-5-6-10(4)9(2,3)7-8/h8H,5-7H2,1-4H3/t8-/m0/s1. The number of nitrogens with zero attached hydrogens (tertiary/aromatic N) is 1. The predicted molar refractivity (Wildman–Crippen MR) is 45.1 cm³/mol. The van der Waals surface area contributed by atoms with Gasteiger partial charge in [0, 0.05) is 5.54 Å². The highest BCUT2D eigenvalue weighted by atomic mass is 15.2. The molecule has 1 heterocycles. The maximum atomic E-state index is 2.47. The minimum atomic E-state index is 0.442. The molecule has 1 heteroatoms. The summed E-state index contributed by atoms with van der Waals surface area (Å²) in [5.41, 5.74) is 0.442. The highest BCUT2D eigenvalue weighted by Crippen LogP contribution is 2.29. The van der Waals surface area contributed by atoms with Gasteiger partial charge >= 0.3 is 0 Å². The van der Waals surface area contributed by atoms with Crippen LogP contribution in [0.25, 0.3) is 0 Å². The summed E-state index contributed by atoms with van der Waals surface area (Å²) in [4.78, 5) is 2.47. The molecular weight excluding hydrogens is 122 g/mol. The van der Waals surface area contributed by atoms with E-state index < -0.39 is 0 Å². The molecule has 1 atom stereocenters. The number of hydrogen-bond acceptors (Lipinski definition) is 1. The minimum Gasteiger partial charge on any atom is -0.301 e. The molecule has 0 radical (unpaired) electrons. The van der Waals surface area contributed by atoms with E-state index in [2.05, 4.69) is 32.7 Å². The summed E-state index contributed by atoms with van der Waals surface area (Å²) >= 11 is 0. The normalized spacial score (nSPS) is 34.2. The van der Waals surface area contributed by atoms with Crippen molar-refractivity contribution in [1.82, 2.24) is 4.90 Å². The van der Waals surface area contributed by atoms with Gasteiger partial charge in [0.05, 0.1) is 0 Å². The van der Waals surface area contributed by atoms with Gasteiger partial charge in [-0.15, -0.1) is 0 Å². The van der Waals surface area contributed by atoms with Gasteiger partial charge in [0.2, 0.25) is 0 Å². The number of piperidine rings is 1. The highest BCUT2D eigenvalue weighted by Gasteiger charge is 2.29. The molecule has 60 valence electrons. The van der Waals surface area contributed by atoms with E-state index in [1.165, 1.54) is 19.4 Å². The Balaban J connectivity index is 2.55. The lowest BCUT2D eigenvalue weighted by molar-refractivity contribution is 0.0782.